The number of hydrogen-bond acceptors (Lipinski definition) is 1. The van der Waals surface area contributed by atoms with Crippen molar-refractivity contribution in [2.75, 3.05) is 0 Å². The van der Waals surface area contributed by atoms with Gasteiger partial charge < -0.3 is 5.11 Å². The lowest BCUT2D eigenvalue weighted by atomic mass is 10.1. The number of rotatable bonds is 4. The number of carboxylic acids is 1. The smallest absolute Gasteiger partial charge is 0.336 e. The highest BCUT2D eigenvalue weighted by molar-refractivity contribution is 5.91. The number of hydrogen-bond donors (Lipinski definition) is 1. The van der Waals surface area contributed by atoms with Crippen LogP contribution in [-0.4, -0.2) is 11.1 Å². The Bertz CT molecular complexity index is 734. The third kappa shape index (κ3) is 6.93. The first-order valence-corrected chi connectivity index (χ1v) is 7.77. The molecule has 124 valence electrons. The van der Waals surface area contributed by atoms with Crippen molar-refractivity contribution in [2.45, 2.75) is 20.8 Å². The van der Waals surface area contributed by atoms with Crippen LogP contribution in [0.5, 0.6) is 0 Å². The number of benzene rings is 2. The minimum absolute atomic E-state index is 0.294. The van der Waals surface area contributed by atoms with Crippen LogP contribution in [0, 0.1) is 0 Å². The van der Waals surface area contributed by atoms with E-state index in [9.17, 15) is 4.79 Å². The quantitative estimate of drug-likeness (QED) is 0.693. The van der Waals surface area contributed by atoms with Crippen LogP contribution in [0.3, 0.4) is 0 Å². The first kappa shape index (κ1) is 19.2. The SMILES string of the molecule is C=Cc1ccccc1C(=O)O.CC(C)=CC(C)=Cc1ccccc1. The summed E-state index contributed by atoms with van der Waals surface area (Å²) in [6.45, 7) is 9.86. The van der Waals surface area contributed by atoms with E-state index in [1.165, 1.54) is 22.8 Å². The predicted octanol–water partition coefficient (Wildman–Crippen LogP) is 6.08. The average molecular weight is 320 g/mol. The van der Waals surface area contributed by atoms with E-state index in [4.69, 9.17) is 5.11 Å². The molecule has 0 aliphatic carbocycles. The summed E-state index contributed by atoms with van der Waals surface area (Å²) in [7, 11) is 0. The topological polar surface area (TPSA) is 37.3 Å². The van der Waals surface area contributed by atoms with Gasteiger partial charge in [0.2, 0.25) is 0 Å². The average Bonchev–Trinajstić information content (AvgIpc) is 2.55. The second-order valence-corrected chi connectivity index (χ2v) is 5.62. The highest BCUT2D eigenvalue weighted by Gasteiger charge is 2.04. The molecule has 1 N–H and O–H groups in total. The van der Waals surface area contributed by atoms with Gasteiger partial charge in [-0.3, -0.25) is 0 Å². The van der Waals surface area contributed by atoms with Crippen molar-refractivity contribution >= 4 is 18.1 Å². The fraction of sp³-hybridized carbons (Fsp3) is 0.136. The van der Waals surface area contributed by atoms with Crippen molar-refractivity contribution in [1.29, 1.82) is 0 Å². The molecule has 2 rings (SSSR count). The Balaban J connectivity index is 0.000000243. The molecule has 0 atom stereocenters. The molecule has 0 spiro atoms. The first-order valence-electron chi connectivity index (χ1n) is 7.77. The van der Waals surface area contributed by atoms with Gasteiger partial charge in [-0.15, -0.1) is 0 Å². The first-order chi connectivity index (χ1) is 11.4. The van der Waals surface area contributed by atoms with Crippen LogP contribution in [0.25, 0.3) is 12.2 Å². The third-order valence-electron chi connectivity index (χ3n) is 3.12. The molecule has 0 saturated heterocycles. The number of allylic oxidation sites excluding steroid dienone is 3. The lowest BCUT2D eigenvalue weighted by Gasteiger charge is -1.97. The molecule has 0 radical (unpaired) electrons. The van der Waals surface area contributed by atoms with Crippen LogP contribution in [-0.2, 0) is 0 Å². The minimum Gasteiger partial charge on any atom is -0.478 e. The predicted molar refractivity (Wildman–Crippen MR) is 103 cm³/mol. The second kappa shape index (κ2) is 10.0. The van der Waals surface area contributed by atoms with Gasteiger partial charge in [0.1, 0.15) is 0 Å². The van der Waals surface area contributed by atoms with Gasteiger partial charge >= 0.3 is 5.97 Å². The summed E-state index contributed by atoms with van der Waals surface area (Å²) in [6, 6.07) is 17.1. The molecule has 0 fully saturated rings. The lowest BCUT2D eigenvalue weighted by Crippen LogP contribution is -1.98. The molecule has 2 nitrogen and oxygen atoms in total. The zero-order valence-corrected chi connectivity index (χ0v) is 14.5. The van der Waals surface area contributed by atoms with Crippen molar-refractivity contribution < 1.29 is 9.90 Å². The Morgan fingerprint density at radius 2 is 1.54 bits per heavy atom. The molecule has 0 aromatic heterocycles. The van der Waals surface area contributed by atoms with Crippen molar-refractivity contribution in [3.63, 3.8) is 0 Å². The van der Waals surface area contributed by atoms with Crippen LogP contribution in [0.1, 0.15) is 42.3 Å². The highest BCUT2D eigenvalue weighted by atomic mass is 16.4. The van der Waals surface area contributed by atoms with Gasteiger partial charge in [0.15, 0.2) is 0 Å². The fourth-order valence-corrected chi connectivity index (χ4v) is 2.18. The molecular weight excluding hydrogens is 296 g/mol. The maximum Gasteiger partial charge on any atom is 0.336 e. The van der Waals surface area contributed by atoms with Crippen LogP contribution >= 0.6 is 0 Å². The summed E-state index contributed by atoms with van der Waals surface area (Å²) in [5, 5.41) is 8.65. The Morgan fingerprint density at radius 1 is 0.958 bits per heavy atom. The monoisotopic (exact) mass is 320 g/mol. The summed E-state index contributed by atoms with van der Waals surface area (Å²) in [5.41, 5.74) is 4.84. The van der Waals surface area contributed by atoms with E-state index < -0.39 is 5.97 Å². The molecule has 0 aliphatic heterocycles. The lowest BCUT2D eigenvalue weighted by molar-refractivity contribution is 0.0696. The van der Waals surface area contributed by atoms with Crippen molar-refractivity contribution in [3.05, 3.63) is 95.1 Å². The Kier molecular flexibility index (Phi) is 8.00. The highest BCUT2D eigenvalue weighted by Crippen LogP contribution is 2.09. The van der Waals surface area contributed by atoms with Gasteiger partial charge in [-0.05, 0) is 38.0 Å². The van der Waals surface area contributed by atoms with Crippen molar-refractivity contribution in [3.8, 4) is 0 Å². The summed E-state index contributed by atoms with van der Waals surface area (Å²) < 4.78 is 0. The molecule has 0 saturated carbocycles. The largest absolute Gasteiger partial charge is 0.478 e. The summed E-state index contributed by atoms with van der Waals surface area (Å²) >= 11 is 0. The minimum atomic E-state index is -0.916. The normalized spacial score (nSPS) is 10.2. The third-order valence-corrected chi connectivity index (χ3v) is 3.12. The van der Waals surface area contributed by atoms with E-state index in [1.807, 2.05) is 6.07 Å². The Morgan fingerprint density at radius 3 is 2.04 bits per heavy atom. The molecule has 2 heteroatoms. The summed E-state index contributed by atoms with van der Waals surface area (Å²) in [4.78, 5) is 10.5. The zero-order chi connectivity index (χ0) is 17.9. The van der Waals surface area contributed by atoms with Crippen molar-refractivity contribution in [1.82, 2.24) is 0 Å². The molecular formula is C22H24O2. The molecule has 0 unspecified atom stereocenters. The van der Waals surface area contributed by atoms with E-state index in [0.717, 1.165) is 0 Å². The molecule has 0 amide bonds. The molecule has 0 heterocycles. The Labute approximate surface area is 144 Å². The fourth-order valence-electron chi connectivity index (χ4n) is 2.18. The maximum atomic E-state index is 10.5. The van der Waals surface area contributed by atoms with Crippen molar-refractivity contribution in [2.24, 2.45) is 0 Å². The van der Waals surface area contributed by atoms with Gasteiger partial charge in [-0.1, -0.05) is 84.5 Å². The van der Waals surface area contributed by atoms with E-state index in [0.29, 0.717) is 11.1 Å². The molecule has 24 heavy (non-hydrogen) atoms. The van der Waals surface area contributed by atoms with Gasteiger partial charge in [0, 0.05) is 0 Å². The van der Waals surface area contributed by atoms with Gasteiger partial charge in [-0.2, -0.15) is 0 Å². The van der Waals surface area contributed by atoms with Crippen LogP contribution < -0.4 is 0 Å². The maximum absolute atomic E-state index is 10.5. The van der Waals surface area contributed by atoms with Crippen LogP contribution in [0.4, 0.5) is 0 Å². The van der Waals surface area contributed by atoms with Crippen LogP contribution in [0.15, 0.2) is 78.4 Å². The van der Waals surface area contributed by atoms with Gasteiger partial charge in [-0.25, -0.2) is 4.79 Å². The summed E-state index contributed by atoms with van der Waals surface area (Å²) in [5.74, 6) is -0.916. The molecule has 0 aliphatic rings. The number of carbonyl (C=O) groups is 1. The summed E-state index contributed by atoms with van der Waals surface area (Å²) in [6.07, 6.45) is 5.91. The molecule has 2 aromatic rings. The number of carboxylic acid groups (broad SMARTS) is 1. The van der Waals surface area contributed by atoms with Gasteiger partial charge in [0.05, 0.1) is 5.56 Å². The number of aromatic carboxylic acids is 1. The van der Waals surface area contributed by atoms with E-state index >= 15 is 0 Å². The van der Waals surface area contributed by atoms with Crippen LogP contribution in [0.2, 0.25) is 0 Å². The standard InChI is InChI=1S/C13H16.C9H8O2/c1-11(2)9-12(3)10-13-7-5-4-6-8-13;1-2-7-5-3-4-6-8(7)9(10)11/h4-10H,1-3H3;2-6H,1H2,(H,10,11). The zero-order valence-electron chi connectivity index (χ0n) is 14.5. The molecule has 0 bridgehead atoms. The second-order valence-electron chi connectivity index (χ2n) is 5.62. The Hall–Kier alpha value is -2.87. The van der Waals surface area contributed by atoms with Gasteiger partial charge in [0.25, 0.3) is 0 Å². The van der Waals surface area contributed by atoms with E-state index in [-0.39, 0.29) is 0 Å². The molecule has 2 aromatic carbocycles. The van der Waals surface area contributed by atoms with E-state index in [1.54, 1.807) is 24.3 Å². The van der Waals surface area contributed by atoms with E-state index in [2.05, 4.69) is 63.8 Å².